The summed E-state index contributed by atoms with van der Waals surface area (Å²) in [5.41, 5.74) is 8.27. The highest BCUT2D eigenvalue weighted by Gasteiger charge is 2.28. The van der Waals surface area contributed by atoms with Crippen LogP contribution in [0.5, 0.6) is 0 Å². The standard InChI is InChI=1S/C14H21NO/c1-5-6-12(16)14(4)8-7-10(2)13(15)11(3)9-14/h7-9H,5-6,15H2,1-4H3. The monoisotopic (exact) mass is 219 g/mol. The third-order valence-corrected chi connectivity index (χ3v) is 3.12. The Morgan fingerprint density at radius 3 is 2.62 bits per heavy atom. The first-order valence-corrected chi connectivity index (χ1v) is 5.79. The van der Waals surface area contributed by atoms with Gasteiger partial charge in [0.15, 0.2) is 0 Å². The molecule has 0 aromatic rings. The van der Waals surface area contributed by atoms with Crippen LogP contribution in [0, 0.1) is 5.41 Å². The Hall–Kier alpha value is -1.31. The van der Waals surface area contributed by atoms with E-state index in [4.69, 9.17) is 5.73 Å². The van der Waals surface area contributed by atoms with Crippen molar-refractivity contribution in [2.45, 2.75) is 40.5 Å². The average molecular weight is 219 g/mol. The number of rotatable bonds is 3. The minimum absolute atomic E-state index is 0.258. The lowest BCUT2D eigenvalue weighted by molar-refractivity contribution is -0.123. The Balaban J connectivity index is 3.11. The number of ketones is 1. The minimum atomic E-state index is -0.498. The molecule has 1 unspecified atom stereocenters. The molecular weight excluding hydrogens is 198 g/mol. The van der Waals surface area contributed by atoms with Crippen molar-refractivity contribution in [3.05, 3.63) is 35.1 Å². The van der Waals surface area contributed by atoms with Gasteiger partial charge in [0.1, 0.15) is 5.78 Å². The number of hydrogen-bond donors (Lipinski definition) is 1. The lowest BCUT2D eigenvalue weighted by Crippen LogP contribution is -2.23. The Morgan fingerprint density at radius 2 is 2.06 bits per heavy atom. The highest BCUT2D eigenvalue weighted by molar-refractivity contribution is 5.88. The quantitative estimate of drug-likeness (QED) is 0.792. The molecule has 0 aromatic heterocycles. The fraction of sp³-hybridized carbons (Fsp3) is 0.500. The van der Waals surface area contributed by atoms with Crippen LogP contribution in [0.3, 0.4) is 0 Å². The van der Waals surface area contributed by atoms with Crippen LogP contribution in [0.1, 0.15) is 40.5 Å². The first-order chi connectivity index (χ1) is 7.40. The van der Waals surface area contributed by atoms with Gasteiger partial charge in [-0.25, -0.2) is 0 Å². The Bertz CT molecular complexity index is 388. The topological polar surface area (TPSA) is 43.1 Å². The van der Waals surface area contributed by atoms with Gasteiger partial charge in [-0.2, -0.15) is 0 Å². The highest BCUT2D eigenvalue weighted by Crippen LogP contribution is 2.30. The van der Waals surface area contributed by atoms with Crippen molar-refractivity contribution in [1.29, 1.82) is 0 Å². The van der Waals surface area contributed by atoms with E-state index in [1.54, 1.807) is 0 Å². The summed E-state index contributed by atoms with van der Waals surface area (Å²) >= 11 is 0. The van der Waals surface area contributed by atoms with Crippen molar-refractivity contribution in [2.75, 3.05) is 0 Å². The van der Waals surface area contributed by atoms with Crippen LogP contribution < -0.4 is 5.73 Å². The van der Waals surface area contributed by atoms with Crippen LogP contribution in [0.4, 0.5) is 0 Å². The summed E-state index contributed by atoms with van der Waals surface area (Å²) in [4.78, 5) is 12.1. The lowest BCUT2D eigenvalue weighted by atomic mass is 9.82. The van der Waals surface area contributed by atoms with E-state index in [0.29, 0.717) is 6.42 Å². The SMILES string of the molecule is CCCC(=O)C1(C)C=CC(C)=C(N)C(C)=C1. The van der Waals surface area contributed by atoms with Crippen LogP contribution in [0.2, 0.25) is 0 Å². The molecule has 2 heteroatoms. The minimum Gasteiger partial charge on any atom is -0.398 e. The van der Waals surface area contributed by atoms with E-state index in [2.05, 4.69) is 0 Å². The van der Waals surface area contributed by atoms with Crippen LogP contribution in [0.25, 0.3) is 0 Å². The van der Waals surface area contributed by atoms with Crippen LogP contribution >= 0.6 is 0 Å². The Morgan fingerprint density at radius 1 is 1.44 bits per heavy atom. The van der Waals surface area contributed by atoms with Crippen molar-refractivity contribution in [3.8, 4) is 0 Å². The van der Waals surface area contributed by atoms with Gasteiger partial charge in [0, 0.05) is 12.1 Å². The molecule has 0 saturated heterocycles. The summed E-state index contributed by atoms with van der Waals surface area (Å²) in [5.74, 6) is 0.258. The van der Waals surface area contributed by atoms with Crippen molar-refractivity contribution in [3.63, 3.8) is 0 Å². The number of hydrogen-bond acceptors (Lipinski definition) is 2. The molecule has 16 heavy (non-hydrogen) atoms. The number of Topliss-reactive ketones (excluding diaryl/α,β-unsaturated/α-hetero) is 1. The van der Waals surface area contributed by atoms with Crippen molar-refractivity contribution >= 4 is 5.78 Å². The molecule has 2 N–H and O–H groups in total. The summed E-state index contributed by atoms with van der Waals surface area (Å²) < 4.78 is 0. The third kappa shape index (κ3) is 2.43. The van der Waals surface area contributed by atoms with Gasteiger partial charge in [-0.3, -0.25) is 4.79 Å². The van der Waals surface area contributed by atoms with E-state index in [9.17, 15) is 4.79 Å². The van der Waals surface area contributed by atoms with Crippen LogP contribution in [-0.4, -0.2) is 5.78 Å². The summed E-state index contributed by atoms with van der Waals surface area (Å²) in [6.45, 7) is 7.91. The van der Waals surface area contributed by atoms with E-state index < -0.39 is 5.41 Å². The predicted molar refractivity (Wildman–Crippen MR) is 67.8 cm³/mol. The maximum absolute atomic E-state index is 12.1. The fourth-order valence-corrected chi connectivity index (χ4v) is 1.94. The first-order valence-electron chi connectivity index (χ1n) is 5.79. The summed E-state index contributed by atoms with van der Waals surface area (Å²) in [6.07, 6.45) is 7.40. The molecule has 0 saturated carbocycles. The molecule has 0 bridgehead atoms. The molecule has 1 aliphatic carbocycles. The van der Waals surface area contributed by atoms with Crippen molar-refractivity contribution in [2.24, 2.45) is 11.1 Å². The van der Waals surface area contributed by atoms with Gasteiger partial charge in [-0.1, -0.05) is 25.2 Å². The van der Waals surface area contributed by atoms with E-state index in [-0.39, 0.29) is 5.78 Å². The zero-order valence-electron chi connectivity index (χ0n) is 10.6. The molecule has 0 amide bonds. The fourth-order valence-electron chi connectivity index (χ4n) is 1.94. The molecule has 0 spiro atoms. The van der Waals surface area contributed by atoms with Crippen LogP contribution in [-0.2, 0) is 4.79 Å². The Kier molecular flexibility index (Phi) is 3.74. The van der Waals surface area contributed by atoms with E-state index >= 15 is 0 Å². The Labute approximate surface area is 97.9 Å². The first kappa shape index (κ1) is 12.8. The van der Waals surface area contributed by atoms with E-state index in [1.165, 1.54) is 0 Å². The van der Waals surface area contributed by atoms with Gasteiger partial charge in [-0.15, -0.1) is 0 Å². The number of carbonyl (C=O) groups excluding carboxylic acids is 1. The molecule has 0 aliphatic heterocycles. The molecular formula is C14H21NO. The molecule has 1 aliphatic rings. The van der Waals surface area contributed by atoms with Crippen molar-refractivity contribution < 1.29 is 4.79 Å². The molecule has 0 heterocycles. The second-order valence-electron chi connectivity index (χ2n) is 4.71. The smallest absolute Gasteiger partial charge is 0.146 e. The number of carbonyl (C=O) groups is 1. The largest absolute Gasteiger partial charge is 0.398 e. The average Bonchev–Trinajstić information content (AvgIpc) is 2.33. The summed E-state index contributed by atoms with van der Waals surface area (Å²) in [7, 11) is 0. The number of nitrogens with two attached hydrogens (primary N) is 1. The van der Waals surface area contributed by atoms with Gasteiger partial charge in [0.05, 0.1) is 5.41 Å². The van der Waals surface area contributed by atoms with Gasteiger partial charge in [0.2, 0.25) is 0 Å². The van der Waals surface area contributed by atoms with Gasteiger partial charge in [-0.05, 0) is 38.3 Å². The maximum atomic E-state index is 12.1. The lowest BCUT2D eigenvalue weighted by Gasteiger charge is -2.20. The molecule has 1 atom stereocenters. The molecule has 2 nitrogen and oxygen atoms in total. The summed E-state index contributed by atoms with van der Waals surface area (Å²) in [6, 6.07) is 0. The normalized spacial score (nSPS) is 25.4. The van der Waals surface area contributed by atoms with E-state index in [0.717, 1.165) is 23.3 Å². The van der Waals surface area contributed by atoms with Gasteiger partial charge in [0.25, 0.3) is 0 Å². The third-order valence-electron chi connectivity index (χ3n) is 3.12. The molecule has 0 fully saturated rings. The van der Waals surface area contributed by atoms with E-state index in [1.807, 2.05) is 45.9 Å². The van der Waals surface area contributed by atoms with Crippen LogP contribution in [0.15, 0.2) is 35.1 Å². The zero-order valence-corrected chi connectivity index (χ0v) is 10.6. The molecule has 0 radical (unpaired) electrons. The van der Waals surface area contributed by atoms with Gasteiger partial charge < -0.3 is 5.73 Å². The second kappa shape index (κ2) is 4.69. The predicted octanol–water partition coefficient (Wildman–Crippen LogP) is 3.11. The number of allylic oxidation sites excluding steroid dienone is 5. The maximum Gasteiger partial charge on any atom is 0.146 e. The molecule has 0 aromatic carbocycles. The highest BCUT2D eigenvalue weighted by atomic mass is 16.1. The van der Waals surface area contributed by atoms with Gasteiger partial charge >= 0.3 is 0 Å². The zero-order chi connectivity index (χ0) is 12.3. The molecule has 1 rings (SSSR count). The van der Waals surface area contributed by atoms with Crippen molar-refractivity contribution in [1.82, 2.24) is 0 Å². The second-order valence-corrected chi connectivity index (χ2v) is 4.71. The summed E-state index contributed by atoms with van der Waals surface area (Å²) in [5, 5.41) is 0. The molecule has 88 valence electrons.